The van der Waals surface area contributed by atoms with E-state index in [0.717, 1.165) is 34.3 Å². The van der Waals surface area contributed by atoms with E-state index in [0.29, 0.717) is 12.5 Å². The zero-order chi connectivity index (χ0) is 19.7. The number of hydrogen-bond donors (Lipinski definition) is 1. The molecule has 1 aromatic heterocycles. The van der Waals surface area contributed by atoms with Crippen LogP contribution in [0.3, 0.4) is 0 Å². The molecule has 0 saturated carbocycles. The second-order valence-corrected chi connectivity index (χ2v) is 8.01. The lowest BCUT2D eigenvalue weighted by Crippen LogP contribution is -2.52. The van der Waals surface area contributed by atoms with Crippen molar-refractivity contribution in [3.8, 4) is 23.1 Å². The van der Waals surface area contributed by atoms with Gasteiger partial charge in [-0.15, -0.1) is 0 Å². The number of benzene rings is 2. The number of hydrogen-bond acceptors (Lipinski definition) is 3. The van der Waals surface area contributed by atoms with Gasteiger partial charge in [0.05, 0.1) is 11.2 Å². The molecule has 2 aromatic carbocycles. The summed E-state index contributed by atoms with van der Waals surface area (Å²) < 4.78 is 0. The Bertz CT molecular complexity index is 1050. The van der Waals surface area contributed by atoms with Crippen LogP contribution in [0.2, 0.25) is 0 Å². The minimum absolute atomic E-state index is 0.0999. The molecule has 1 N–H and O–H groups in total. The standard InChI is InChI=1S/C25H26N2O/c1-18-17-27(3)19(2)16-25(18,28)14-13-21-15-24(20-9-5-4-6-10-20)26-23-12-8-7-11-22(21)23/h4-12,15,18-19,28H,16-17H2,1-3H3. The van der Waals surface area contributed by atoms with Gasteiger partial charge in [-0.25, -0.2) is 4.98 Å². The highest BCUT2D eigenvalue weighted by molar-refractivity contribution is 5.87. The fourth-order valence-corrected chi connectivity index (χ4v) is 3.96. The van der Waals surface area contributed by atoms with Gasteiger partial charge in [-0.2, -0.15) is 0 Å². The normalized spacial score (nSPS) is 25.3. The molecular formula is C25H26N2O. The Morgan fingerprint density at radius 2 is 1.79 bits per heavy atom. The van der Waals surface area contributed by atoms with E-state index in [4.69, 9.17) is 4.98 Å². The fourth-order valence-electron chi connectivity index (χ4n) is 3.96. The van der Waals surface area contributed by atoms with E-state index >= 15 is 0 Å². The second-order valence-electron chi connectivity index (χ2n) is 8.01. The molecule has 3 atom stereocenters. The van der Waals surface area contributed by atoms with Crippen LogP contribution in [0.4, 0.5) is 0 Å². The summed E-state index contributed by atoms with van der Waals surface area (Å²) in [5.74, 6) is 6.65. The second kappa shape index (κ2) is 7.39. The van der Waals surface area contributed by atoms with Gasteiger partial charge >= 0.3 is 0 Å². The summed E-state index contributed by atoms with van der Waals surface area (Å²) in [6, 6.07) is 20.6. The van der Waals surface area contributed by atoms with Crippen molar-refractivity contribution in [3.05, 3.63) is 66.2 Å². The number of aromatic nitrogens is 1. The van der Waals surface area contributed by atoms with Crippen molar-refractivity contribution in [1.29, 1.82) is 0 Å². The first kappa shape index (κ1) is 18.7. The molecule has 1 saturated heterocycles. The van der Waals surface area contributed by atoms with E-state index in [9.17, 15) is 5.11 Å². The Morgan fingerprint density at radius 1 is 1.07 bits per heavy atom. The van der Waals surface area contributed by atoms with Crippen LogP contribution in [0, 0.1) is 17.8 Å². The Balaban J connectivity index is 1.80. The molecule has 4 rings (SSSR count). The third-order valence-electron chi connectivity index (χ3n) is 5.94. The molecule has 0 aliphatic carbocycles. The lowest BCUT2D eigenvalue weighted by molar-refractivity contribution is -0.0346. The van der Waals surface area contributed by atoms with Crippen LogP contribution in [0.1, 0.15) is 25.8 Å². The predicted octanol–water partition coefficient (Wildman–Crippen LogP) is 4.34. The van der Waals surface area contributed by atoms with Crippen LogP contribution >= 0.6 is 0 Å². The summed E-state index contributed by atoms with van der Waals surface area (Å²) in [6.45, 7) is 5.07. The van der Waals surface area contributed by atoms with E-state index in [1.54, 1.807) is 0 Å². The van der Waals surface area contributed by atoms with Crippen LogP contribution < -0.4 is 0 Å². The van der Waals surface area contributed by atoms with Gasteiger partial charge in [0.2, 0.25) is 0 Å². The third-order valence-corrected chi connectivity index (χ3v) is 5.94. The van der Waals surface area contributed by atoms with Crippen LogP contribution in [0.25, 0.3) is 22.2 Å². The molecule has 142 valence electrons. The van der Waals surface area contributed by atoms with E-state index in [-0.39, 0.29) is 5.92 Å². The van der Waals surface area contributed by atoms with Crippen molar-refractivity contribution in [1.82, 2.24) is 9.88 Å². The van der Waals surface area contributed by atoms with E-state index in [2.05, 4.69) is 49.8 Å². The van der Waals surface area contributed by atoms with Gasteiger partial charge in [-0.3, -0.25) is 0 Å². The molecule has 3 aromatic rings. The van der Waals surface area contributed by atoms with E-state index in [1.807, 2.05) is 48.5 Å². The molecule has 0 amide bonds. The maximum Gasteiger partial charge on any atom is 0.131 e. The average molecular weight is 370 g/mol. The monoisotopic (exact) mass is 370 g/mol. The number of likely N-dealkylation sites (tertiary alicyclic amines) is 1. The molecule has 1 fully saturated rings. The van der Waals surface area contributed by atoms with Crippen LogP contribution in [-0.2, 0) is 0 Å². The molecule has 1 aliphatic rings. The predicted molar refractivity (Wildman–Crippen MR) is 115 cm³/mol. The van der Waals surface area contributed by atoms with Gasteiger partial charge in [0, 0.05) is 41.4 Å². The molecule has 0 bridgehead atoms. The number of pyridine rings is 1. The lowest BCUT2D eigenvalue weighted by Gasteiger charge is -2.42. The van der Waals surface area contributed by atoms with E-state index < -0.39 is 5.60 Å². The van der Waals surface area contributed by atoms with Crippen LogP contribution in [-0.4, -0.2) is 40.2 Å². The molecule has 3 unspecified atom stereocenters. The number of fused-ring (bicyclic) bond motifs is 1. The van der Waals surface area contributed by atoms with Gasteiger partial charge in [0.15, 0.2) is 0 Å². The topological polar surface area (TPSA) is 36.4 Å². The number of para-hydroxylation sites is 1. The number of aliphatic hydroxyl groups is 1. The summed E-state index contributed by atoms with van der Waals surface area (Å²) in [5, 5.41) is 12.3. The first-order chi connectivity index (χ1) is 13.5. The molecule has 1 aliphatic heterocycles. The highest BCUT2D eigenvalue weighted by Crippen LogP contribution is 2.31. The van der Waals surface area contributed by atoms with Crippen LogP contribution in [0.15, 0.2) is 60.7 Å². The highest BCUT2D eigenvalue weighted by Gasteiger charge is 2.39. The Hall–Kier alpha value is -2.67. The third kappa shape index (κ3) is 3.54. The molecule has 3 nitrogen and oxygen atoms in total. The highest BCUT2D eigenvalue weighted by atomic mass is 16.3. The van der Waals surface area contributed by atoms with Gasteiger partial charge < -0.3 is 10.0 Å². The summed E-state index contributed by atoms with van der Waals surface area (Å²) in [7, 11) is 2.11. The van der Waals surface area contributed by atoms with Crippen molar-refractivity contribution in [2.45, 2.75) is 31.9 Å². The SMILES string of the molecule is CC1CC(O)(C#Cc2cc(-c3ccccc3)nc3ccccc23)C(C)CN1C. The molecule has 0 radical (unpaired) electrons. The largest absolute Gasteiger partial charge is 0.377 e. The summed E-state index contributed by atoms with van der Waals surface area (Å²) >= 11 is 0. The van der Waals surface area contributed by atoms with Crippen molar-refractivity contribution in [2.75, 3.05) is 13.6 Å². The van der Waals surface area contributed by atoms with Gasteiger partial charge in [0.25, 0.3) is 0 Å². The lowest BCUT2D eigenvalue weighted by atomic mass is 9.79. The van der Waals surface area contributed by atoms with Gasteiger partial charge in [-0.05, 0) is 26.1 Å². The molecule has 3 heteroatoms. The van der Waals surface area contributed by atoms with E-state index in [1.165, 1.54) is 0 Å². The Labute approximate surface area is 167 Å². The minimum atomic E-state index is -0.969. The van der Waals surface area contributed by atoms with Crippen molar-refractivity contribution in [3.63, 3.8) is 0 Å². The molecule has 28 heavy (non-hydrogen) atoms. The maximum atomic E-state index is 11.2. The van der Waals surface area contributed by atoms with Crippen LogP contribution in [0.5, 0.6) is 0 Å². The van der Waals surface area contributed by atoms with Crippen molar-refractivity contribution in [2.24, 2.45) is 5.92 Å². The van der Waals surface area contributed by atoms with Gasteiger partial charge in [0.1, 0.15) is 5.60 Å². The quantitative estimate of drug-likeness (QED) is 0.647. The number of piperidine rings is 1. The first-order valence-electron chi connectivity index (χ1n) is 9.87. The summed E-state index contributed by atoms with van der Waals surface area (Å²) in [5.41, 5.74) is 2.83. The Morgan fingerprint density at radius 3 is 2.57 bits per heavy atom. The number of rotatable bonds is 1. The van der Waals surface area contributed by atoms with Gasteiger partial charge in [-0.1, -0.05) is 67.3 Å². The first-order valence-corrected chi connectivity index (χ1v) is 9.87. The average Bonchev–Trinajstić information content (AvgIpc) is 2.71. The smallest absolute Gasteiger partial charge is 0.131 e. The van der Waals surface area contributed by atoms with Crippen molar-refractivity contribution >= 4 is 10.9 Å². The zero-order valence-corrected chi connectivity index (χ0v) is 16.7. The van der Waals surface area contributed by atoms with Crippen molar-refractivity contribution < 1.29 is 5.11 Å². The summed E-state index contributed by atoms with van der Waals surface area (Å²) in [4.78, 5) is 7.11. The number of nitrogens with zero attached hydrogens (tertiary/aromatic N) is 2. The minimum Gasteiger partial charge on any atom is -0.377 e. The maximum absolute atomic E-state index is 11.2. The molecular weight excluding hydrogens is 344 g/mol. The molecule has 2 heterocycles. The Kier molecular flexibility index (Phi) is 4.93. The fraction of sp³-hybridized carbons (Fsp3) is 0.320. The summed E-state index contributed by atoms with van der Waals surface area (Å²) in [6.07, 6.45) is 0.659. The zero-order valence-electron chi connectivity index (χ0n) is 16.7. The molecule has 0 spiro atoms.